The van der Waals surface area contributed by atoms with Gasteiger partial charge in [-0.15, -0.1) is 11.3 Å². The number of carbonyl (C=O) groups is 1. The molecule has 6 nitrogen and oxygen atoms in total. The summed E-state index contributed by atoms with van der Waals surface area (Å²) in [6.45, 7) is 11.9. The lowest BCUT2D eigenvalue weighted by Crippen LogP contribution is -2.60. The number of imidazole rings is 1. The van der Waals surface area contributed by atoms with E-state index >= 15 is 0 Å². The number of aryl methyl sites for hydroxylation is 2. The molecule has 1 N–H and O–H groups in total. The Balaban J connectivity index is 1.52. The van der Waals surface area contributed by atoms with Crippen molar-refractivity contribution in [1.82, 2.24) is 19.6 Å². The third-order valence-corrected chi connectivity index (χ3v) is 4.73. The van der Waals surface area contributed by atoms with Gasteiger partial charge in [-0.2, -0.15) is 0 Å². The molecule has 3 rings (SSSR count). The Labute approximate surface area is 140 Å². The highest BCUT2D eigenvalue weighted by Crippen LogP contribution is 2.21. The van der Waals surface area contributed by atoms with Crippen LogP contribution in [0.5, 0.6) is 0 Å². The molecule has 0 aromatic carbocycles. The Kier molecular flexibility index (Phi) is 4.10. The molecular weight excluding hydrogens is 312 g/mol. The highest BCUT2D eigenvalue weighted by atomic mass is 32.1. The van der Waals surface area contributed by atoms with Gasteiger partial charge in [0.25, 0.3) is 0 Å². The number of likely N-dealkylation sites (tertiary alicyclic amines) is 1. The van der Waals surface area contributed by atoms with Crippen LogP contribution in [0.15, 0.2) is 6.20 Å². The number of carbonyl (C=O) groups excluding carboxylic acids is 1. The van der Waals surface area contributed by atoms with E-state index in [9.17, 15) is 4.79 Å². The van der Waals surface area contributed by atoms with Crippen LogP contribution in [-0.2, 0) is 11.3 Å². The Morgan fingerprint density at radius 1 is 1.43 bits per heavy atom. The van der Waals surface area contributed by atoms with Crippen LogP contribution in [0.4, 0.5) is 4.79 Å². The number of ether oxygens (including phenoxy) is 1. The number of nitrogens with zero attached hydrogens (tertiary/aromatic N) is 3. The maximum atomic E-state index is 11.9. The SMILES string of the molecule is Cc1cn2c(CNC3CN(C(=O)OC(C)(C)C)C3)c(C)nc2s1. The second kappa shape index (κ2) is 5.79. The monoisotopic (exact) mass is 336 g/mol. The zero-order chi connectivity index (χ0) is 16.8. The van der Waals surface area contributed by atoms with Gasteiger partial charge in [-0.3, -0.25) is 4.40 Å². The number of amides is 1. The van der Waals surface area contributed by atoms with E-state index in [4.69, 9.17) is 4.74 Å². The number of rotatable bonds is 3. The molecule has 2 aromatic rings. The molecule has 3 heterocycles. The highest BCUT2D eigenvalue weighted by molar-refractivity contribution is 7.17. The van der Waals surface area contributed by atoms with Crippen molar-refractivity contribution in [3.05, 3.63) is 22.5 Å². The number of hydrogen-bond acceptors (Lipinski definition) is 5. The summed E-state index contributed by atoms with van der Waals surface area (Å²) in [5, 5.41) is 3.51. The van der Waals surface area contributed by atoms with E-state index in [1.54, 1.807) is 16.2 Å². The van der Waals surface area contributed by atoms with Crippen LogP contribution in [0.1, 0.15) is 37.0 Å². The fourth-order valence-corrected chi connectivity index (χ4v) is 3.54. The van der Waals surface area contributed by atoms with Crippen LogP contribution >= 0.6 is 11.3 Å². The zero-order valence-electron chi connectivity index (χ0n) is 14.3. The first-order chi connectivity index (χ1) is 10.7. The van der Waals surface area contributed by atoms with Crippen LogP contribution < -0.4 is 5.32 Å². The van der Waals surface area contributed by atoms with Crippen molar-refractivity contribution in [3.63, 3.8) is 0 Å². The van der Waals surface area contributed by atoms with Crippen molar-refractivity contribution in [3.8, 4) is 0 Å². The lowest BCUT2D eigenvalue weighted by Gasteiger charge is -2.40. The van der Waals surface area contributed by atoms with Crippen molar-refractivity contribution >= 4 is 22.4 Å². The second-order valence-electron chi connectivity index (χ2n) is 7.10. The molecule has 126 valence electrons. The van der Waals surface area contributed by atoms with E-state index in [2.05, 4.69) is 27.8 Å². The molecule has 23 heavy (non-hydrogen) atoms. The molecule has 7 heteroatoms. The van der Waals surface area contributed by atoms with Crippen molar-refractivity contribution < 1.29 is 9.53 Å². The molecule has 2 aromatic heterocycles. The lowest BCUT2D eigenvalue weighted by molar-refractivity contribution is 0.00514. The van der Waals surface area contributed by atoms with E-state index in [0.717, 1.165) is 17.2 Å². The molecule has 0 bridgehead atoms. The molecule has 0 atom stereocenters. The highest BCUT2D eigenvalue weighted by Gasteiger charge is 2.33. The van der Waals surface area contributed by atoms with Crippen LogP contribution in [-0.4, -0.2) is 45.1 Å². The van der Waals surface area contributed by atoms with E-state index in [1.807, 2.05) is 27.7 Å². The quantitative estimate of drug-likeness (QED) is 0.936. The summed E-state index contributed by atoms with van der Waals surface area (Å²) in [6.07, 6.45) is 1.90. The summed E-state index contributed by atoms with van der Waals surface area (Å²) < 4.78 is 7.53. The topological polar surface area (TPSA) is 58.9 Å². The predicted molar refractivity (Wildman–Crippen MR) is 91.0 cm³/mol. The maximum absolute atomic E-state index is 11.9. The standard InChI is InChI=1S/C16H24N4O2S/c1-10-7-20-13(11(2)18-14(20)23-10)6-17-12-8-19(9-12)15(21)22-16(3,4)5/h7,12,17H,6,8-9H2,1-5H3. The molecule has 0 saturated carbocycles. The van der Waals surface area contributed by atoms with Gasteiger partial charge in [-0.05, 0) is 34.6 Å². The maximum Gasteiger partial charge on any atom is 0.410 e. The van der Waals surface area contributed by atoms with Gasteiger partial charge in [0.05, 0.1) is 11.4 Å². The first-order valence-corrected chi connectivity index (χ1v) is 8.70. The van der Waals surface area contributed by atoms with Crippen molar-refractivity contribution in [1.29, 1.82) is 0 Å². The number of aromatic nitrogens is 2. The predicted octanol–water partition coefficient (Wildman–Crippen LogP) is 2.72. The first-order valence-electron chi connectivity index (χ1n) is 7.88. The first kappa shape index (κ1) is 16.3. The zero-order valence-corrected chi connectivity index (χ0v) is 15.2. The number of nitrogens with one attached hydrogen (secondary N) is 1. The minimum atomic E-state index is -0.438. The molecular formula is C16H24N4O2S. The van der Waals surface area contributed by atoms with Crippen molar-refractivity contribution in [2.45, 2.75) is 52.8 Å². The van der Waals surface area contributed by atoms with Gasteiger partial charge in [0.2, 0.25) is 0 Å². The van der Waals surface area contributed by atoms with Gasteiger partial charge in [0, 0.05) is 36.8 Å². The smallest absolute Gasteiger partial charge is 0.410 e. The Morgan fingerprint density at radius 3 is 2.78 bits per heavy atom. The Morgan fingerprint density at radius 2 is 2.13 bits per heavy atom. The number of hydrogen-bond donors (Lipinski definition) is 1. The molecule has 1 amide bonds. The van der Waals surface area contributed by atoms with Crippen LogP contribution in [0.3, 0.4) is 0 Å². The summed E-state index contributed by atoms with van der Waals surface area (Å²) in [6, 6.07) is 0.312. The average molecular weight is 336 g/mol. The average Bonchev–Trinajstić information content (AvgIpc) is 2.81. The van der Waals surface area contributed by atoms with E-state index in [-0.39, 0.29) is 6.09 Å². The van der Waals surface area contributed by atoms with Gasteiger partial charge in [0.1, 0.15) is 5.60 Å². The normalized spacial score (nSPS) is 16.0. The summed E-state index contributed by atoms with van der Waals surface area (Å²) in [7, 11) is 0. The molecule has 0 spiro atoms. The molecule has 0 aliphatic carbocycles. The molecule has 1 fully saturated rings. The van der Waals surface area contributed by atoms with Gasteiger partial charge in [0.15, 0.2) is 4.96 Å². The Bertz CT molecular complexity index is 722. The van der Waals surface area contributed by atoms with Gasteiger partial charge >= 0.3 is 6.09 Å². The lowest BCUT2D eigenvalue weighted by atomic mass is 10.1. The third-order valence-electron chi connectivity index (χ3n) is 3.83. The van der Waals surface area contributed by atoms with Crippen LogP contribution in [0, 0.1) is 13.8 Å². The van der Waals surface area contributed by atoms with Crippen LogP contribution in [0.2, 0.25) is 0 Å². The van der Waals surface area contributed by atoms with Crippen molar-refractivity contribution in [2.24, 2.45) is 0 Å². The van der Waals surface area contributed by atoms with Gasteiger partial charge in [-0.1, -0.05) is 0 Å². The summed E-state index contributed by atoms with van der Waals surface area (Å²) >= 11 is 1.71. The summed E-state index contributed by atoms with van der Waals surface area (Å²) in [4.78, 5) is 20.5. The molecule has 1 aliphatic heterocycles. The second-order valence-corrected chi connectivity index (χ2v) is 8.31. The summed E-state index contributed by atoms with van der Waals surface area (Å²) in [5.41, 5.74) is 1.82. The van der Waals surface area contributed by atoms with Crippen LogP contribution in [0.25, 0.3) is 4.96 Å². The molecule has 0 unspecified atom stereocenters. The molecule has 0 radical (unpaired) electrons. The number of thiazole rings is 1. The summed E-state index contributed by atoms with van der Waals surface area (Å²) in [5.74, 6) is 0. The van der Waals surface area contributed by atoms with Gasteiger partial charge in [-0.25, -0.2) is 9.78 Å². The third kappa shape index (κ3) is 3.50. The fourth-order valence-electron chi connectivity index (χ4n) is 2.65. The molecule has 1 aliphatic rings. The number of fused-ring (bicyclic) bond motifs is 1. The van der Waals surface area contributed by atoms with E-state index in [0.29, 0.717) is 19.1 Å². The largest absolute Gasteiger partial charge is 0.444 e. The van der Waals surface area contributed by atoms with Crippen molar-refractivity contribution in [2.75, 3.05) is 13.1 Å². The minimum Gasteiger partial charge on any atom is -0.444 e. The van der Waals surface area contributed by atoms with E-state index < -0.39 is 5.60 Å². The van der Waals surface area contributed by atoms with E-state index in [1.165, 1.54) is 10.6 Å². The Hall–Kier alpha value is -1.60. The fraction of sp³-hybridized carbons (Fsp3) is 0.625. The molecule has 1 saturated heterocycles. The van der Waals surface area contributed by atoms with Gasteiger partial charge < -0.3 is 15.0 Å². The minimum absolute atomic E-state index is 0.230.